The smallest absolute Gasteiger partial charge is 0.0855 e. The van der Waals surface area contributed by atoms with Crippen LogP contribution in [0.25, 0.3) is 0 Å². The molecule has 0 aromatic carbocycles. The van der Waals surface area contributed by atoms with E-state index in [1.807, 2.05) is 13.8 Å². The number of hydrogen-bond donors (Lipinski definition) is 0. The van der Waals surface area contributed by atoms with E-state index in [4.69, 9.17) is 9.47 Å². The Hall–Kier alpha value is -0.120. The predicted molar refractivity (Wildman–Crippen MR) is 75.9 cm³/mol. The predicted octanol–water partition coefficient (Wildman–Crippen LogP) is 2.79. The first-order chi connectivity index (χ1) is 8.56. The number of hydrogen-bond acceptors (Lipinski definition) is 3. The van der Waals surface area contributed by atoms with Crippen molar-refractivity contribution in [2.75, 3.05) is 32.9 Å². The summed E-state index contributed by atoms with van der Waals surface area (Å²) in [5.74, 6) is 1.13. The number of ether oxygens (including phenoxy) is 2. The topological polar surface area (TPSA) is 21.7 Å². The molecule has 0 saturated carbocycles. The van der Waals surface area contributed by atoms with E-state index >= 15 is 0 Å². The van der Waals surface area contributed by atoms with Gasteiger partial charge in [-0.15, -0.1) is 0 Å². The molecule has 0 aromatic heterocycles. The lowest BCUT2D eigenvalue weighted by atomic mass is 9.78. The maximum Gasteiger partial charge on any atom is 0.0855 e. The molecule has 2 aliphatic heterocycles. The van der Waals surface area contributed by atoms with Crippen molar-refractivity contribution in [3.63, 3.8) is 0 Å². The quantitative estimate of drug-likeness (QED) is 0.759. The van der Waals surface area contributed by atoms with Crippen molar-refractivity contribution < 1.29 is 9.47 Å². The molecule has 2 rings (SSSR count). The van der Waals surface area contributed by atoms with Crippen molar-refractivity contribution in [2.45, 2.75) is 53.2 Å². The van der Waals surface area contributed by atoms with Gasteiger partial charge in [-0.3, -0.25) is 4.90 Å². The summed E-state index contributed by atoms with van der Waals surface area (Å²) in [6.07, 6.45) is 0. The molecule has 0 bridgehead atoms. The van der Waals surface area contributed by atoms with E-state index in [2.05, 4.69) is 32.6 Å². The molecular weight excluding hydrogens is 226 g/mol. The molecule has 0 aliphatic carbocycles. The Morgan fingerprint density at radius 1 is 1.06 bits per heavy atom. The summed E-state index contributed by atoms with van der Waals surface area (Å²) in [7, 11) is 0. The van der Waals surface area contributed by atoms with E-state index in [1.54, 1.807) is 0 Å². The van der Waals surface area contributed by atoms with Crippen LogP contribution in [0.4, 0.5) is 0 Å². The first kappa shape index (κ1) is 15.9. The molecule has 18 heavy (non-hydrogen) atoms. The summed E-state index contributed by atoms with van der Waals surface area (Å²) >= 11 is 0. The maximum absolute atomic E-state index is 6.24. The largest absolute Gasteiger partial charge is 0.378 e. The minimum atomic E-state index is 0.0356. The fourth-order valence-corrected chi connectivity index (χ4v) is 3.03. The Bertz CT molecular complexity index is 233. The molecule has 1 atom stereocenters. The van der Waals surface area contributed by atoms with Gasteiger partial charge in [0.2, 0.25) is 0 Å². The van der Waals surface area contributed by atoms with Crippen LogP contribution < -0.4 is 0 Å². The van der Waals surface area contributed by atoms with Crippen LogP contribution in [0.15, 0.2) is 0 Å². The standard InChI is InChI=1S/C13H25NO2.C2H6/c1-10(2)13(11(3)4)9-14-5-6-15-7-12(14)8-16-13;1-2/h10-12H,5-9H2,1-4H3;1-2H3. The first-order valence-corrected chi connectivity index (χ1v) is 7.52. The van der Waals surface area contributed by atoms with Crippen molar-refractivity contribution in [1.82, 2.24) is 4.90 Å². The normalized spacial score (nSPS) is 27.7. The number of fused-ring (bicyclic) bond motifs is 1. The van der Waals surface area contributed by atoms with E-state index in [-0.39, 0.29) is 5.60 Å². The van der Waals surface area contributed by atoms with Crippen LogP contribution in [0, 0.1) is 11.8 Å². The average Bonchev–Trinajstić information content (AvgIpc) is 2.40. The Morgan fingerprint density at radius 3 is 2.22 bits per heavy atom. The van der Waals surface area contributed by atoms with Gasteiger partial charge in [-0.25, -0.2) is 0 Å². The Labute approximate surface area is 113 Å². The lowest BCUT2D eigenvalue weighted by molar-refractivity contribution is -0.200. The summed E-state index contributed by atoms with van der Waals surface area (Å²) < 4.78 is 11.7. The Morgan fingerprint density at radius 2 is 1.67 bits per heavy atom. The molecule has 0 N–H and O–H groups in total. The average molecular weight is 257 g/mol. The molecule has 2 heterocycles. The molecule has 0 radical (unpaired) electrons. The van der Waals surface area contributed by atoms with Gasteiger partial charge in [0.15, 0.2) is 0 Å². The lowest BCUT2D eigenvalue weighted by Gasteiger charge is -2.52. The van der Waals surface area contributed by atoms with Gasteiger partial charge in [-0.05, 0) is 11.8 Å². The molecule has 2 aliphatic rings. The van der Waals surface area contributed by atoms with E-state index in [0.29, 0.717) is 17.9 Å². The highest BCUT2D eigenvalue weighted by molar-refractivity contribution is 4.96. The highest BCUT2D eigenvalue weighted by Gasteiger charge is 2.45. The zero-order valence-corrected chi connectivity index (χ0v) is 13.0. The van der Waals surface area contributed by atoms with Crippen molar-refractivity contribution in [3.05, 3.63) is 0 Å². The Balaban J connectivity index is 0.000000771. The fraction of sp³-hybridized carbons (Fsp3) is 1.00. The highest BCUT2D eigenvalue weighted by Crippen LogP contribution is 2.35. The van der Waals surface area contributed by atoms with E-state index < -0.39 is 0 Å². The van der Waals surface area contributed by atoms with E-state index in [1.165, 1.54) is 0 Å². The molecule has 108 valence electrons. The lowest BCUT2D eigenvalue weighted by Crippen LogP contribution is -2.64. The number of morpholine rings is 2. The van der Waals surface area contributed by atoms with Crippen LogP contribution in [-0.4, -0.2) is 49.5 Å². The molecular formula is C15H31NO2. The van der Waals surface area contributed by atoms with Crippen LogP contribution in [0.5, 0.6) is 0 Å². The molecule has 2 saturated heterocycles. The zero-order valence-electron chi connectivity index (χ0n) is 13.0. The monoisotopic (exact) mass is 257 g/mol. The molecule has 3 nitrogen and oxygen atoms in total. The molecule has 2 fully saturated rings. The van der Waals surface area contributed by atoms with Crippen molar-refractivity contribution in [2.24, 2.45) is 11.8 Å². The summed E-state index contributed by atoms with van der Waals surface area (Å²) in [4.78, 5) is 2.56. The third kappa shape index (κ3) is 3.06. The third-order valence-electron chi connectivity index (χ3n) is 4.30. The molecule has 0 spiro atoms. The highest BCUT2D eigenvalue weighted by atomic mass is 16.5. The van der Waals surface area contributed by atoms with Crippen LogP contribution in [0.3, 0.4) is 0 Å². The van der Waals surface area contributed by atoms with Gasteiger partial charge in [0, 0.05) is 13.1 Å². The third-order valence-corrected chi connectivity index (χ3v) is 4.30. The van der Waals surface area contributed by atoms with Crippen LogP contribution in [0.1, 0.15) is 41.5 Å². The Kier molecular flexibility index (Phi) is 6.09. The fourth-order valence-electron chi connectivity index (χ4n) is 3.03. The minimum absolute atomic E-state index is 0.0356. The van der Waals surface area contributed by atoms with E-state index in [0.717, 1.165) is 32.9 Å². The molecule has 0 aromatic rings. The molecule has 3 heteroatoms. The number of rotatable bonds is 2. The summed E-state index contributed by atoms with van der Waals surface area (Å²) in [5, 5.41) is 0. The maximum atomic E-state index is 6.24. The minimum Gasteiger partial charge on any atom is -0.378 e. The second-order valence-electron chi connectivity index (χ2n) is 5.77. The van der Waals surface area contributed by atoms with Gasteiger partial charge in [0.1, 0.15) is 0 Å². The summed E-state index contributed by atoms with van der Waals surface area (Å²) in [6.45, 7) is 17.8. The van der Waals surface area contributed by atoms with Gasteiger partial charge in [0.05, 0.1) is 31.5 Å². The molecule has 1 unspecified atom stereocenters. The van der Waals surface area contributed by atoms with Crippen molar-refractivity contribution >= 4 is 0 Å². The van der Waals surface area contributed by atoms with Crippen LogP contribution in [-0.2, 0) is 9.47 Å². The van der Waals surface area contributed by atoms with Crippen LogP contribution in [0.2, 0.25) is 0 Å². The second-order valence-corrected chi connectivity index (χ2v) is 5.77. The van der Waals surface area contributed by atoms with Crippen molar-refractivity contribution in [3.8, 4) is 0 Å². The van der Waals surface area contributed by atoms with Gasteiger partial charge in [-0.1, -0.05) is 41.5 Å². The second kappa shape index (κ2) is 6.88. The van der Waals surface area contributed by atoms with Crippen LogP contribution >= 0.6 is 0 Å². The SMILES string of the molecule is CC.CC(C)C1(C(C)C)CN2CCOCC2CO1. The van der Waals surface area contributed by atoms with E-state index in [9.17, 15) is 0 Å². The van der Waals surface area contributed by atoms with Gasteiger partial charge in [0.25, 0.3) is 0 Å². The first-order valence-electron chi connectivity index (χ1n) is 7.52. The number of nitrogens with zero attached hydrogens (tertiary/aromatic N) is 1. The van der Waals surface area contributed by atoms with Gasteiger partial charge >= 0.3 is 0 Å². The zero-order chi connectivity index (χ0) is 13.8. The van der Waals surface area contributed by atoms with Gasteiger partial charge < -0.3 is 9.47 Å². The summed E-state index contributed by atoms with van der Waals surface area (Å²) in [5.41, 5.74) is 0.0356. The van der Waals surface area contributed by atoms with Gasteiger partial charge in [-0.2, -0.15) is 0 Å². The van der Waals surface area contributed by atoms with Crippen molar-refractivity contribution in [1.29, 1.82) is 0 Å². The molecule has 0 amide bonds. The summed E-state index contributed by atoms with van der Waals surface area (Å²) in [6, 6.07) is 0.486.